The third-order valence-electron chi connectivity index (χ3n) is 3.70. The SMILES string of the molecule is CCCC(CCO)CNC(=O)c1ccc2nc(Cl)ccc2c1. The van der Waals surface area contributed by atoms with Crippen LogP contribution in [-0.2, 0) is 0 Å². The van der Waals surface area contributed by atoms with Gasteiger partial charge in [0.25, 0.3) is 5.91 Å². The van der Waals surface area contributed by atoms with Crippen LogP contribution in [0.25, 0.3) is 10.9 Å². The average molecular weight is 321 g/mol. The molecular weight excluding hydrogens is 300 g/mol. The van der Waals surface area contributed by atoms with Gasteiger partial charge in [-0.25, -0.2) is 4.98 Å². The monoisotopic (exact) mass is 320 g/mol. The van der Waals surface area contributed by atoms with Crippen LogP contribution in [0.3, 0.4) is 0 Å². The van der Waals surface area contributed by atoms with Crippen molar-refractivity contribution in [1.29, 1.82) is 0 Å². The maximum absolute atomic E-state index is 12.2. The van der Waals surface area contributed by atoms with Gasteiger partial charge in [0.1, 0.15) is 5.15 Å². The van der Waals surface area contributed by atoms with E-state index in [4.69, 9.17) is 16.7 Å². The maximum Gasteiger partial charge on any atom is 0.251 e. The molecule has 1 heterocycles. The first kappa shape index (κ1) is 16.7. The smallest absolute Gasteiger partial charge is 0.251 e. The number of carbonyl (C=O) groups excluding carboxylic acids is 1. The first-order valence-electron chi connectivity index (χ1n) is 7.59. The lowest BCUT2D eigenvalue weighted by molar-refractivity contribution is 0.0943. The van der Waals surface area contributed by atoms with Crippen LogP contribution in [0.1, 0.15) is 36.5 Å². The Kier molecular flexibility index (Phi) is 6.16. The maximum atomic E-state index is 12.2. The van der Waals surface area contributed by atoms with Gasteiger partial charge >= 0.3 is 0 Å². The number of nitrogens with one attached hydrogen (secondary N) is 1. The van der Waals surface area contributed by atoms with Gasteiger partial charge in [-0.15, -0.1) is 0 Å². The highest BCUT2D eigenvalue weighted by Gasteiger charge is 2.11. The molecule has 0 radical (unpaired) electrons. The fourth-order valence-corrected chi connectivity index (χ4v) is 2.67. The van der Waals surface area contributed by atoms with Crippen molar-refractivity contribution in [3.05, 3.63) is 41.0 Å². The lowest BCUT2D eigenvalue weighted by Crippen LogP contribution is -2.29. The molecule has 0 saturated heterocycles. The number of fused-ring (bicyclic) bond motifs is 1. The predicted octanol–water partition coefficient (Wildman–Crippen LogP) is 3.42. The number of carbonyl (C=O) groups is 1. The summed E-state index contributed by atoms with van der Waals surface area (Å²) in [6, 6.07) is 8.93. The zero-order chi connectivity index (χ0) is 15.9. The number of aliphatic hydroxyl groups excluding tert-OH is 1. The minimum atomic E-state index is -0.101. The summed E-state index contributed by atoms with van der Waals surface area (Å²) < 4.78 is 0. The summed E-state index contributed by atoms with van der Waals surface area (Å²) in [5.41, 5.74) is 1.38. The third kappa shape index (κ3) is 4.42. The second-order valence-corrected chi connectivity index (χ2v) is 5.81. The molecule has 4 nitrogen and oxygen atoms in total. The second-order valence-electron chi connectivity index (χ2n) is 5.42. The number of rotatable bonds is 7. The van der Waals surface area contributed by atoms with Gasteiger partial charge in [0.05, 0.1) is 5.52 Å². The zero-order valence-corrected chi connectivity index (χ0v) is 13.4. The van der Waals surface area contributed by atoms with Crippen LogP contribution in [0.5, 0.6) is 0 Å². The van der Waals surface area contributed by atoms with E-state index >= 15 is 0 Å². The molecule has 1 amide bonds. The van der Waals surface area contributed by atoms with Crippen molar-refractivity contribution in [2.45, 2.75) is 26.2 Å². The number of pyridine rings is 1. The first-order valence-corrected chi connectivity index (χ1v) is 7.97. The van der Waals surface area contributed by atoms with Crippen molar-refractivity contribution >= 4 is 28.4 Å². The van der Waals surface area contributed by atoms with Gasteiger partial charge in [-0.1, -0.05) is 24.9 Å². The van der Waals surface area contributed by atoms with Gasteiger partial charge in [0.2, 0.25) is 0 Å². The largest absolute Gasteiger partial charge is 0.396 e. The number of hydrogen-bond acceptors (Lipinski definition) is 3. The van der Waals surface area contributed by atoms with E-state index in [-0.39, 0.29) is 12.5 Å². The number of aromatic nitrogens is 1. The molecule has 0 aliphatic carbocycles. The molecule has 0 fully saturated rings. The van der Waals surface area contributed by atoms with E-state index in [1.54, 1.807) is 18.2 Å². The molecule has 22 heavy (non-hydrogen) atoms. The van der Waals surface area contributed by atoms with E-state index in [2.05, 4.69) is 17.2 Å². The van der Waals surface area contributed by atoms with Crippen molar-refractivity contribution in [2.75, 3.05) is 13.2 Å². The van der Waals surface area contributed by atoms with Crippen LogP contribution in [-0.4, -0.2) is 29.1 Å². The molecule has 2 rings (SSSR count). The fourth-order valence-electron chi connectivity index (χ4n) is 2.52. The Hall–Kier alpha value is -1.65. The normalized spacial score (nSPS) is 12.3. The molecule has 1 aromatic carbocycles. The molecule has 0 aliphatic rings. The minimum absolute atomic E-state index is 0.101. The van der Waals surface area contributed by atoms with E-state index in [1.165, 1.54) is 0 Å². The van der Waals surface area contributed by atoms with Gasteiger partial charge < -0.3 is 10.4 Å². The summed E-state index contributed by atoms with van der Waals surface area (Å²) in [4.78, 5) is 16.5. The molecule has 118 valence electrons. The predicted molar refractivity (Wildman–Crippen MR) is 89.2 cm³/mol. The first-order chi connectivity index (χ1) is 10.6. The van der Waals surface area contributed by atoms with Gasteiger partial charge in [-0.3, -0.25) is 4.79 Å². The summed E-state index contributed by atoms with van der Waals surface area (Å²) in [6.07, 6.45) is 2.76. The van der Waals surface area contributed by atoms with Crippen LogP contribution in [0.15, 0.2) is 30.3 Å². The van der Waals surface area contributed by atoms with Crippen molar-refractivity contribution in [3.63, 3.8) is 0 Å². The molecule has 2 N–H and O–H groups in total. The zero-order valence-electron chi connectivity index (χ0n) is 12.7. The lowest BCUT2D eigenvalue weighted by atomic mass is 10.00. The van der Waals surface area contributed by atoms with Gasteiger partial charge in [-0.05, 0) is 49.1 Å². The average Bonchev–Trinajstić information content (AvgIpc) is 2.52. The summed E-state index contributed by atoms with van der Waals surface area (Å²) in [6.45, 7) is 2.85. The van der Waals surface area contributed by atoms with Gasteiger partial charge in [0.15, 0.2) is 0 Å². The number of benzene rings is 1. The van der Waals surface area contributed by atoms with E-state index in [1.807, 2.05) is 12.1 Å². The van der Waals surface area contributed by atoms with Crippen LogP contribution < -0.4 is 5.32 Å². The highest BCUT2D eigenvalue weighted by atomic mass is 35.5. The Labute approximate surface area is 135 Å². The molecule has 1 unspecified atom stereocenters. The lowest BCUT2D eigenvalue weighted by Gasteiger charge is -2.15. The molecule has 5 heteroatoms. The van der Waals surface area contributed by atoms with Crippen LogP contribution >= 0.6 is 11.6 Å². The van der Waals surface area contributed by atoms with Gasteiger partial charge in [0, 0.05) is 24.1 Å². The fraction of sp³-hybridized carbons (Fsp3) is 0.412. The van der Waals surface area contributed by atoms with Crippen LogP contribution in [0.4, 0.5) is 0 Å². The van der Waals surface area contributed by atoms with Crippen LogP contribution in [0.2, 0.25) is 5.15 Å². The Balaban J connectivity index is 2.04. The Morgan fingerprint density at radius 1 is 1.32 bits per heavy atom. The molecule has 0 saturated carbocycles. The number of hydrogen-bond donors (Lipinski definition) is 2. The number of amides is 1. The van der Waals surface area contributed by atoms with E-state index in [9.17, 15) is 4.79 Å². The molecule has 1 aromatic heterocycles. The molecule has 0 spiro atoms. The molecule has 0 bridgehead atoms. The van der Waals surface area contributed by atoms with Crippen molar-refractivity contribution in [3.8, 4) is 0 Å². The standard InChI is InChI=1S/C17H21ClN2O2/c1-2-3-12(8-9-21)11-19-17(22)14-4-6-15-13(10-14)5-7-16(18)20-15/h4-7,10,12,21H,2-3,8-9,11H2,1H3,(H,19,22). The topological polar surface area (TPSA) is 62.2 Å². The van der Waals surface area contributed by atoms with E-state index in [0.29, 0.717) is 29.6 Å². The second kappa shape index (κ2) is 8.11. The van der Waals surface area contributed by atoms with Gasteiger partial charge in [-0.2, -0.15) is 0 Å². The number of aliphatic hydroxyl groups is 1. The quantitative estimate of drug-likeness (QED) is 0.768. The molecule has 2 aromatic rings. The third-order valence-corrected chi connectivity index (χ3v) is 3.91. The summed E-state index contributed by atoms with van der Waals surface area (Å²) in [5.74, 6) is 0.218. The summed E-state index contributed by atoms with van der Waals surface area (Å²) in [7, 11) is 0. The van der Waals surface area contributed by atoms with Crippen LogP contribution in [0, 0.1) is 5.92 Å². The Bertz CT molecular complexity index is 640. The Morgan fingerprint density at radius 3 is 2.86 bits per heavy atom. The molecule has 0 aliphatic heterocycles. The summed E-state index contributed by atoms with van der Waals surface area (Å²) in [5, 5.41) is 13.3. The molecule has 1 atom stereocenters. The van der Waals surface area contributed by atoms with E-state index < -0.39 is 0 Å². The van der Waals surface area contributed by atoms with E-state index in [0.717, 1.165) is 23.7 Å². The minimum Gasteiger partial charge on any atom is -0.396 e. The highest BCUT2D eigenvalue weighted by Crippen LogP contribution is 2.17. The highest BCUT2D eigenvalue weighted by molar-refractivity contribution is 6.29. The van der Waals surface area contributed by atoms with Crippen molar-refractivity contribution in [1.82, 2.24) is 10.3 Å². The number of halogens is 1. The van der Waals surface area contributed by atoms with Crippen molar-refractivity contribution < 1.29 is 9.90 Å². The Morgan fingerprint density at radius 2 is 2.14 bits per heavy atom. The molecular formula is C17H21ClN2O2. The number of nitrogens with zero attached hydrogens (tertiary/aromatic N) is 1. The van der Waals surface area contributed by atoms with Crippen molar-refractivity contribution in [2.24, 2.45) is 5.92 Å². The summed E-state index contributed by atoms with van der Waals surface area (Å²) >= 11 is 5.85.